The van der Waals surface area contributed by atoms with Crippen LogP contribution in [-0.4, -0.2) is 77.7 Å². The lowest BCUT2D eigenvalue weighted by Crippen LogP contribution is -2.53. The lowest BCUT2D eigenvalue weighted by atomic mass is 10.00. The van der Waals surface area contributed by atoms with Gasteiger partial charge >= 0.3 is 0 Å². The first-order valence-electron chi connectivity index (χ1n) is 13.8. The van der Waals surface area contributed by atoms with Crippen molar-refractivity contribution in [1.82, 2.24) is 15.1 Å². The molecule has 1 aromatic heterocycles. The summed E-state index contributed by atoms with van der Waals surface area (Å²) in [6.45, 7) is 8.29. The second-order valence-corrected chi connectivity index (χ2v) is 12.0. The molecule has 2 aliphatic rings. The normalized spacial score (nSPS) is 21.1. The highest BCUT2D eigenvalue weighted by Gasteiger charge is 2.53. The Morgan fingerprint density at radius 3 is 2.38 bits per heavy atom. The summed E-state index contributed by atoms with van der Waals surface area (Å²) in [6, 6.07) is 9.53. The second-order valence-electron chi connectivity index (χ2n) is 11.0. The minimum Gasteiger partial charge on any atom is -0.371 e. The molecule has 5 unspecified atom stereocenters. The first-order valence-corrected chi connectivity index (χ1v) is 14.6. The lowest BCUT2D eigenvalue weighted by Gasteiger charge is -2.30. The number of nitrogens with one attached hydrogen (secondary N) is 1. The van der Waals surface area contributed by atoms with Crippen LogP contribution in [0, 0.1) is 11.8 Å². The van der Waals surface area contributed by atoms with Gasteiger partial charge in [0.2, 0.25) is 5.91 Å². The van der Waals surface area contributed by atoms with Crippen LogP contribution in [0.15, 0.2) is 41.8 Å². The number of Topliss-reactive ketones (excluding diaryl/α,β-unsaturated/α-hetero) is 1. The van der Waals surface area contributed by atoms with Crippen molar-refractivity contribution in [3.63, 3.8) is 0 Å². The fourth-order valence-corrected chi connectivity index (χ4v) is 6.41. The third-order valence-electron chi connectivity index (χ3n) is 7.91. The first kappa shape index (κ1) is 29.0. The van der Waals surface area contributed by atoms with Crippen LogP contribution in [0.5, 0.6) is 0 Å². The molecule has 0 spiro atoms. The van der Waals surface area contributed by atoms with E-state index in [1.54, 1.807) is 33.3 Å². The maximum absolute atomic E-state index is 13.8. The first-order chi connectivity index (χ1) is 18.7. The second kappa shape index (κ2) is 12.4. The number of benzene rings is 1. The summed E-state index contributed by atoms with van der Waals surface area (Å²) in [4.78, 5) is 57.7. The maximum Gasteiger partial charge on any atom is 0.252 e. The Hall–Kier alpha value is -3.04. The smallest absolute Gasteiger partial charge is 0.252 e. The largest absolute Gasteiger partial charge is 0.371 e. The predicted molar refractivity (Wildman–Crippen MR) is 151 cm³/mol. The van der Waals surface area contributed by atoms with Crippen molar-refractivity contribution in [2.75, 3.05) is 20.2 Å². The number of thiophene rings is 1. The number of nitrogens with zero attached hydrogens (tertiary/aromatic N) is 2. The Kier molecular flexibility index (Phi) is 9.23. The van der Waals surface area contributed by atoms with Gasteiger partial charge in [-0.05, 0) is 53.8 Å². The molecule has 0 saturated carbocycles. The van der Waals surface area contributed by atoms with E-state index in [9.17, 15) is 19.2 Å². The number of fused-ring (bicyclic) bond motifs is 1. The van der Waals surface area contributed by atoms with Gasteiger partial charge in [0, 0.05) is 24.1 Å². The number of hydrogen-bond acceptors (Lipinski definition) is 6. The van der Waals surface area contributed by atoms with Crippen molar-refractivity contribution in [3.8, 4) is 10.4 Å². The fraction of sp³-hybridized carbons (Fsp3) is 0.533. The Morgan fingerprint density at radius 1 is 1.08 bits per heavy atom. The van der Waals surface area contributed by atoms with Crippen LogP contribution in [0.1, 0.15) is 57.3 Å². The van der Waals surface area contributed by atoms with Gasteiger partial charge in [-0.2, -0.15) is 0 Å². The van der Waals surface area contributed by atoms with E-state index >= 15 is 0 Å². The van der Waals surface area contributed by atoms with E-state index < -0.39 is 18.2 Å². The molecule has 2 saturated heterocycles. The summed E-state index contributed by atoms with van der Waals surface area (Å²) in [6.07, 6.45) is 1.13. The van der Waals surface area contributed by atoms with Gasteiger partial charge in [0.25, 0.3) is 11.8 Å². The van der Waals surface area contributed by atoms with Gasteiger partial charge in [-0.1, -0.05) is 52.3 Å². The monoisotopic (exact) mass is 553 g/mol. The van der Waals surface area contributed by atoms with Gasteiger partial charge < -0.3 is 19.9 Å². The summed E-state index contributed by atoms with van der Waals surface area (Å²) in [5.41, 5.74) is 1.50. The van der Waals surface area contributed by atoms with Crippen LogP contribution in [0.3, 0.4) is 0 Å². The number of ketones is 1. The quantitative estimate of drug-likeness (QED) is 0.480. The Bertz CT molecular complexity index is 1180. The number of likely N-dealkylation sites (tertiary alicyclic amines) is 2. The van der Waals surface area contributed by atoms with Gasteiger partial charge in [0.1, 0.15) is 18.2 Å². The van der Waals surface area contributed by atoms with E-state index in [4.69, 9.17) is 4.74 Å². The molecule has 8 nitrogen and oxygen atoms in total. The number of carbonyl (C=O) groups is 4. The third kappa shape index (κ3) is 6.09. The van der Waals surface area contributed by atoms with Gasteiger partial charge in [0.05, 0.1) is 12.6 Å². The van der Waals surface area contributed by atoms with Crippen LogP contribution >= 0.6 is 11.3 Å². The molecular formula is C30H39N3O5S. The van der Waals surface area contributed by atoms with Crippen molar-refractivity contribution in [2.24, 2.45) is 11.8 Å². The molecule has 5 atom stereocenters. The van der Waals surface area contributed by atoms with Crippen molar-refractivity contribution in [1.29, 1.82) is 0 Å². The standard InChI is InChI=1S/C30H39N3O5S/c1-6-19(4)27(38-5)30(37)33-17-24(34)26-23(33)13-14-32(26)29(36)22(16-18(2)3)31-28(35)21-11-9-20(10-12-21)25-8-7-15-39-25/h7-12,15,18-19,22-23,26-27H,6,13-14,16-17H2,1-5H3,(H,31,35). The number of rotatable bonds is 10. The molecule has 3 heterocycles. The van der Waals surface area contributed by atoms with Crippen LogP contribution in [-0.2, 0) is 19.1 Å². The number of carbonyl (C=O) groups excluding carboxylic acids is 4. The molecule has 0 bridgehead atoms. The van der Waals surface area contributed by atoms with Gasteiger partial charge in [-0.25, -0.2) is 0 Å². The average molecular weight is 554 g/mol. The average Bonchev–Trinajstić information content (AvgIpc) is 3.67. The molecule has 2 fully saturated rings. The molecule has 2 aliphatic heterocycles. The number of ether oxygens (including phenoxy) is 1. The van der Waals surface area contributed by atoms with E-state index in [0.29, 0.717) is 24.9 Å². The van der Waals surface area contributed by atoms with Crippen LogP contribution < -0.4 is 5.32 Å². The predicted octanol–water partition coefficient (Wildman–Crippen LogP) is 4.00. The maximum atomic E-state index is 13.8. The van der Waals surface area contributed by atoms with E-state index in [1.165, 1.54) is 7.11 Å². The van der Waals surface area contributed by atoms with Gasteiger partial charge in [0.15, 0.2) is 5.78 Å². The van der Waals surface area contributed by atoms with Crippen molar-refractivity contribution in [2.45, 2.75) is 71.2 Å². The Labute approximate surface area is 234 Å². The highest BCUT2D eigenvalue weighted by molar-refractivity contribution is 7.13. The zero-order valence-electron chi connectivity index (χ0n) is 23.4. The van der Waals surface area contributed by atoms with Crippen molar-refractivity contribution in [3.05, 3.63) is 47.3 Å². The minimum atomic E-state index is -0.766. The molecule has 39 heavy (non-hydrogen) atoms. The number of hydrogen-bond donors (Lipinski definition) is 1. The molecular weight excluding hydrogens is 514 g/mol. The molecule has 1 aromatic carbocycles. The zero-order chi connectivity index (χ0) is 28.3. The summed E-state index contributed by atoms with van der Waals surface area (Å²) in [7, 11) is 1.52. The third-order valence-corrected chi connectivity index (χ3v) is 8.83. The summed E-state index contributed by atoms with van der Waals surface area (Å²) in [5.74, 6) is -0.770. The Morgan fingerprint density at radius 2 is 1.79 bits per heavy atom. The summed E-state index contributed by atoms with van der Waals surface area (Å²) >= 11 is 1.63. The van der Waals surface area contributed by atoms with Gasteiger partial charge in [-0.15, -0.1) is 11.3 Å². The highest BCUT2D eigenvalue weighted by Crippen LogP contribution is 2.32. The van der Waals surface area contributed by atoms with Crippen molar-refractivity contribution < 1.29 is 23.9 Å². The van der Waals surface area contributed by atoms with Gasteiger partial charge in [-0.3, -0.25) is 19.2 Å². The lowest BCUT2D eigenvalue weighted by molar-refractivity contribution is -0.146. The number of methoxy groups -OCH3 is 1. The minimum absolute atomic E-state index is 0.0146. The van der Waals surface area contributed by atoms with E-state index in [0.717, 1.165) is 16.9 Å². The molecule has 210 valence electrons. The van der Waals surface area contributed by atoms with Crippen LogP contribution in [0.4, 0.5) is 0 Å². The molecule has 0 aliphatic carbocycles. The summed E-state index contributed by atoms with van der Waals surface area (Å²) < 4.78 is 5.50. The summed E-state index contributed by atoms with van der Waals surface area (Å²) in [5, 5.41) is 4.94. The van der Waals surface area contributed by atoms with E-state index in [-0.39, 0.29) is 47.9 Å². The molecule has 0 radical (unpaired) electrons. The number of amides is 3. The van der Waals surface area contributed by atoms with Crippen molar-refractivity contribution >= 4 is 34.8 Å². The van der Waals surface area contributed by atoms with E-state index in [1.807, 2.05) is 57.3 Å². The van der Waals surface area contributed by atoms with Crippen LogP contribution in [0.2, 0.25) is 0 Å². The fourth-order valence-electron chi connectivity index (χ4n) is 5.68. The molecule has 4 rings (SSSR count). The van der Waals surface area contributed by atoms with E-state index in [2.05, 4.69) is 5.32 Å². The zero-order valence-corrected chi connectivity index (χ0v) is 24.2. The SMILES string of the molecule is CCC(C)C(OC)C(=O)N1CC(=O)C2C1CCN2C(=O)C(CC(C)C)NC(=O)c1ccc(-c2cccs2)cc1. The highest BCUT2D eigenvalue weighted by atomic mass is 32.1. The van der Waals surface area contributed by atoms with Crippen LogP contribution in [0.25, 0.3) is 10.4 Å². The molecule has 2 aromatic rings. The molecule has 1 N–H and O–H groups in total. The topological polar surface area (TPSA) is 96.0 Å². The molecule has 3 amide bonds. The molecule has 9 heteroatoms. The Balaban J connectivity index is 1.48.